The van der Waals surface area contributed by atoms with Crippen LogP contribution < -0.4 is 10.1 Å². The Kier molecular flexibility index (Phi) is 4.15. The third kappa shape index (κ3) is 2.99. The molecule has 1 N–H and O–H groups in total. The summed E-state index contributed by atoms with van der Waals surface area (Å²) in [5.41, 5.74) is 3.66. The number of carbonyl (C=O) groups is 1. The van der Waals surface area contributed by atoms with Crippen LogP contribution in [0.2, 0.25) is 0 Å². The number of allylic oxidation sites excluding steroid dienone is 2. The maximum absolute atomic E-state index is 11.7. The van der Waals surface area contributed by atoms with Crippen molar-refractivity contribution in [2.75, 3.05) is 7.11 Å². The molecule has 1 aromatic carbocycles. The first kappa shape index (κ1) is 14.6. The minimum Gasteiger partial charge on any atom is -0.497 e. The second kappa shape index (κ2) is 6.23. The normalized spacial score (nSPS) is 24.3. The van der Waals surface area contributed by atoms with E-state index in [4.69, 9.17) is 10.00 Å². The fraction of sp³-hybridized carbons (Fsp3) is 0.444. The standard InChI is InChI=1S/C18H20N2O2/c1-22-16-5-2-12(3-6-16)8-13-4-7-17-14(9-13)10-15(11-19)18(21)20-17/h2-3,5-6,13,15H,4,7-10H2,1H3,(H,20,21). The highest BCUT2D eigenvalue weighted by Crippen LogP contribution is 2.36. The second-order valence-electron chi connectivity index (χ2n) is 6.12. The number of methoxy groups -OCH3 is 1. The van der Waals surface area contributed by atoms with E-state index in [1.54, 1.807) is 7.11 Å². The van der Waals surface area contributed by atoms with Crippen molar-refractivity contribution in [2.45, 2.75) is 32.1 Å². The molecule has 1 amide bonds. The fourth-order valence-electron chi connectivity index (χ4n) is 3.40. The molecule has 0 aromatic heterocycles. The van der Waals surface area contributed by atoms with Gasteiger partial charge < -0.3 is 10.1 Å². The summed E-state index contributed by atoms with van der Waals surface area (Å²) in [6, 6.07) is 10.3. The van der Waals surface area contributed by atoms with Crippen LogP contribution in [0.1, 0.15) is 31.2 Å². The molecule has 1 aliphatic heterocycles. The molecule has 0 radical (unpaired) electrons. The number of nitriles is 1. The highest BCUT2D eigenvalue weighted by Gasteiger charge is 2.31. The van der Waals surface area contributed by atoms with Gasteiger partial charge in [-0.05, 0) is 61.3 Å². The molecule has 114 valence electrons. The molecule has 2 atom stereocenters. The first-order chi connectivity index (χ1) is 10.7. The van der Waals surface area contributed by atoms with Crippen molar-refractivity contribution in [3.05, 3.63) is 41.1 Å². The molecular formula is C18H20N2O2. The van der Waals surface area contributed by atoms with Crippen molar-refractivity contribution in [3.8, 4) is 11.8 Å². The van der Waals surface area contributed by atoms with E-state index in [1.165, 1.54) is 11.1 Å². The number of amides is 1. The number of ether oxygens (including phenoxy) is 1. The summed E-state index contributed by atoms with van der Waals surface area (Å²) in [7, 11) is 1.67. The third-order valence-corrected chi connectivity index (χ3v) is 4.64. The molecule has 1 heterocycles. The van der Waals surface area contributed by atoms with Gasteiger partial charge in [-0.1, -0.05) is 12.1 Å². The van der Waals surface area contributed by atoms with E-state index in [2.05, 4.69) is 23.5 Å². The minimum atomic E-state index is -0.515. The molecule has 22 heavy (non-hydrogen) atoms. The Labute approximate surface area is 130 Å². The van der Waals surface area contributed by atoms with Gasteiger partial charge in [-0.15, -0.1) is 0 Å². The van der Waals surface area contributed by atoms with Gasteiger partial charge in [0.2, 0.25) is 5.91 Å². The number of benzene rings is 1. The van der Waals surface area contributed by atoms with Crippen molar-refractivity contribution in [1.29, 1.82) is 5.26 Å². The van der Waals surface area contributed by atoms with Gasteiger partial charge in [0.15, 0.2) is 0 Å². The van der Waals surface area contributed by atoms with Gasteiger partial charge in [0.25, 0.3) is 0 Å². The monoisotopic (exact) mass is 296 g/mol. The highest BCUT2D eigenvalue weighted by atomic mass is 16.5. The Morgan fingerprint density at radius 3 is 2.77 bits per heavy atom. The fourth-order valence-corrected chi connectivity index (χ4v) is 3.40. The molecule has 0 spiro atoms. The van der Waals surface area contributed by atoms with Crippen LogP contribution in [0.4, 0.5) is 0 Å². The highest BCUT2D eigenvalue weighted by molar-refractivity contribution is 5.84. The van der Waals surface area contributed by atoms with Crippen LogP contribution in [0.5, 0.6) is 5.75 Å². The summed E-state index contributed by atoms with van der Waals surface area (Å²) in [5.74, 6) is 0.819. The zero-order valence-corrected chi connectivity index (χ0v) is 12.8. The summed E-state index contributed by atoms with van der Waals surface area (Å²) in [5, 5.41) is 12.0. The summed E-state index contributed by atoms with van der Waals surface area (Å²) in [6.07, 6.45) is 4.63. The number of nitrogens with one attached hydrogen (secondary N) is 1. The number of rotatable bonds is 3. The molecular weight excluding hydrogens is 276 g/mol. The van der Waals surface area contributed by atoms with E-state index in [1.807, 2.05) is 12.1 Å². The average Bonchev–Trinajstić information content (AvgIpc) is 2.55. The van der Waals surface area contributed by atoms with Crippen LogP contribution in [0.25, 0.3) is 0 Å². The lowest BCUT2D eigenvalue weighted by Gasteiger charge is -2.32. The van der Waals surface area contributed by atoms with Crippen LogP contribution in [0.15, 0.2) is 35.5 Å². The van der Waals surface area contributed by atoms with Crippen LogP contribution in [0, 0.1) is 23.2 Å². The topological polar surface area (TPSA) is 62.1 Å². The predicted octanol–water partition coefficient (Wildman–Crippen LogP) is 2.95. The van der Waals surface area contributed by atoms with Gasteiger partial charge >= 0.3 is 0 Å². The van der Waals surface area contributed by atoms with Gasteiger partial charge in [0, 0.05) is 5.70 Å². The van der Waals surface area contributed by atoms with Gasteiger partial charge in [-0.25, -0.2) is 0 Å². The lowest BCUT2D eigenvalue weighted by Crippen LogP contribution is -2.37. The van der Waals surface area contributed by atoms with Crippen LogP contribution in [-0.4, -0.2) is 13.0 Å². The Morgan fingerprint density at radius 1 is 1.32 bits per heavy atom. The number of carbonyl (C=O) groups excluding carboxylic acids is 1. The molecule has 1 aliphatic carbocycles. The van der Waals surface area contributed by atoms with Gasteiger partial charge in [0.1, 0.15) is 11.7 Å². The summed E-state index contributed by atoms with van der Waals surface area (Å²) >= 11 is 0. The SMILES string of the molecule is COc1ccc(CC2CCC3=C(C2)CC(C#N)C(=O)N3)cc1. The average molecular weight is 296 g/mol. The number of nitrogens with zero attached hydrogens (tertiary/aromatic N) is 1. The van der Waals surface area contributed by atoms with Crippen LogP contribution >= 0.6 is 0 Å². The first-order valence-corrected chi connectivity index (χ1v) is 7.74. The quantitative estimate of drug-likeness (QED) is 0.932. The Balaban J connectivity index is 1.66. The van der Waals surface area contributed by atoms with Crippen molar-refractivity contribution >= 4 is 5.91 Å². The van der Waals surface area contributed by atoms with Crippen molar-refractivity contribution < 1.29 is 9.53 Å². The van der Waals surface area contributed by atoms with E-state index in [0.717, 1.165) is 37.1 Å². The van der Waals surface area contributed by atoms with Crippen molar-refractivity contribution in [3.63, 3.8) is 0 Å². The van der Waals surface area contributed by atoms with E-state index >= 15 is 0 Å². The molecule has 0 saturated heterocycles. The Morgan fingerprint density at radius 2 is 2.09 bits per heavy atom. The summed E-state index contributed by atoms with van der Waals surface area (Å²) < 4.78 is 5.19. The minimum absolute atomic E-state index is 0.130. The zero-order valence-electron chi connectivity index (χ0n) is 12.8. The van der Waals surface area contributed by atoms with Gasteiger partial charge in [0.05, 0.1) is 13.2 Å². The van der Waals surface area contributed by atoms with E-state index in [9.17, 15) is 4.79 Å². The smallest absolute Gasteiger partial charge is 0.241 e. The van der Waals surface area contributed by atoms with Crippen molar-refractivity contribution in [2.24, 2.45) is 11.8 Å². The lowest BCUT2D eigenvalue weighted by molar-refractivity contribution is -0.123. The van der Waals surface area contributed by atoms with E-state index < -0.39 is 5.92 Å². The maximum atomic E-state index is 11.7. The number of hydrogen-bond acceptors (Lipinski definition) is 3. The van der Waals surface area contributed by atoms with Crippen LogP contribution in [0.3, 0.4) is 0 Å². The van der Waals surface area contributed by atoms with Crippen molar-refractivity contribution in [1.82, 2.24) is 5.32 Å². The van der Waals surface area contributed by atoms with Gasteiger partial charge in [-0.2, -0.15) is 5.26 Å². The molecule has 4 heteroatoms. The third-order valence-electron chi connectivity index (χ3n) is 4.64. The molecule has 4 nitrogen and oxygen atoms in total. The first-order valence-electron chi connectivity index (χ1n) is 7.74. The predicted molar refractivity (Wildman–Crippen MR) is 82.9 cm³/mol. The Bertz CT molecular complexity index is 640. The molecule has 2 unspecified atom stereocenters. The molecule has 3 rings (SSSR count). The molecule has 0 bridgehead atoms. The van der Waals surface area contributed by atoms with E-state index in [-0.39, 0.29) is 5.91 Å². The van der Waals surface area contributed by atoms with Crippen LogP contribution in [-0.2, 0) is 11.2 Å². The summed E-state index contributed by atoms with van der Waals surface area (Å²) in [6.45, 7) is 0. The maximum Gasteiger partial charge on any atom is 0.241 e. The molecule has 0 saturated carbocycles. The molecule has 2 aliphatic rings. The Hall–Kier alpha value is -2.28. The number of hydrogen-bond donors (Lipinski definition) is 1. The lowest BCUT2D eigenvalue weighted by atomic mass is 9.78. The largest absolute Gasteiger partial charge is 0.497 e. The molecule has 1 aromatic rings. The summed E-state index contributed by atoms with van der Waals surface area (Å²) in [4.78, 5) is 11.7. The second-order valence-corrected chi connectivity index (χ2v) is 6.12. The van der Waals surface area contributed by atoms with E-state index in [0.29, 0.717) is 12.3 Å². The van der Waals surface area contributed by atoms with Gasteiger partial charge in [-0.3, -0.25) is 4.79 Å². The molecule has 0 fully saturated rings. The zero-order chi connectivity index (χ0) is 15.5.